The smallest absolute Gasteiger partial charge is 0.182 e. The fraction of sp³-hybridized carbons (Fsp3) is 0.174. The van der Waals surface area contributed by atoms with Crippen LogP contribution in [0.5, 0.6) is 5.75 Å². The Balaban J connectivity index is 2.14. The maximum atomic E-state index is 11.8. The van der Waals surface area contributed by atoms with E-state index in [9.17, 15) is 15.0 Å². The van der Waals surface area contributed by atoms with Gasteiger partial charge in [-0.2, -0.15) is 0 Å². The normalized spacial score (nSPS) is 12.7. The molecule has 4 nitrogen and oxygen atoms in total. The van der Waals surface area contributed by atoms with E-state index in [4.69, 9.17) is 4.42 Å². The molecule has 0 fully saturated rings. The molecule has 0 radical (unpaired) electrons. The van der Waals surface area contributed by atoms with Crippen molar-refractivity contribution in [3.8, 4) is 28.2 Å². The fourth-order valence-corrected chi connectivity index (χ4v) is 3.49. The number of aliphatic hydroxyl groups is 1. The second-order valence-corrected chi connectivity index (χ2v) is 7.09. The lowest BCUT2D eigenvalue weighted by Crippen LogP contribution is -2.08. The van der Waals surface area contributed by atoms with Gasteiger partial charge in [0, 0.05) is 28.6 Å². The van der Waals surface area contributed by atoms with E-state index in [1.165, 1.54) is 18.2 Å². The van der Waals surface area contributed by atoms with Gasteiger partial charge in [-0.15, -0.1) is 0 Å². The molecule has 2 N–H and O–H groups in total. The summed E-state index contributed by atoms with van der Waals surface area (Å²) in [6.07, 6.45) is -0.626. The highest BCUT2D eigenvalue weighted by Crippen LogP contribution is 2.43. The summed E-state index contributed by atoms with van der Waals surface area (Å²) in [6, 6.07) is 17.4. The number of hydrogen-bond donors (Lipinski definition) is 2. The van der Waals surface area contributed by atoms with Gasteiger partial charge < -0.3 is 14.6 Å². The molecule has 0 spiro atoms. The van der Waals surface area contributed by atoms with E-state index in [-0.39, 0.29) is 17.1 Å². The summed E-state index contributed by atoms with van der Waals surface area (Å²) in [5.41, 5.74) is 3.70. The standard InChI is InChI=1S/C23H20O4/c1-13(2)23(26)17-6-4-3-5-16(17)22-18-9-7-14(24)11-20(18)27-21-12-15(25)8-10-19(21)22/h3-13,23-24,26H,1-2H3/t23-/m0/s1. The SMILES string of the molecule is CC(C)[C@H](O)c1ccccc1-c1c2ccc(=O)cc-2oc2cc(O)ccc12. The van der Waals surface area contributed by atoms with E-state index in [2.05, 4.69) is 0 Å². The first-order valence-corrected chi connectivity index (χ1v) is 8.92. The van der Waals surface area contributed by atoms with Crippen molar-refractivity contribution >= 4 is 11.0 Å². The van der Waals surface area contributed by atoms with Crippen molar-refractivity contribution < 1.29 is 14.6 Å². The summed E-state index contributed by atoms with van der Waals surface area (Å²) in [5, 5.41) is 21.4. The molecule has 0 saturated heterocycles. The maximum absolute atomic E-state index is 11.8. The molecule has 1 heterocycles. The van der Waals surface area contributed by atoms with Gasteiger partial charge in [0.15, 0.2) is 5.43 Å². The molecule has 2 aromatic rings. The Bertz CT molecular complexity index is 1160. The van der Waals surface area contributed by atoms with Crippen LogP contribution >= 0.6 is 0 Å². The van der Waals surface area contributed by atoms with Crippen LogP contribution in [0.25, 0.3) is 33.4 Å². The number of aliphatic hydroxyl groups excluding tert-OH is 1. The van der Waals surface area contributed by atoms with E-state index in [1.807, 2.05) is 38.1 Å². The first-order valence-electron chi connectivity index (χ1n) is 8.92. The van der Waals surface area contributed by atoms with Gasteiger partial charge in [0.2, 0.25) is 0 Å². The Hall–Kier alpha value is -3.11. The van der Waals surface area contributed by atoms with Crippen LogP contribution in [0.2, 0.25) is 0 Å². The van der Waals surface area contributed by atoms with Gasteiger partial charge in [0.05, 0.1) is 6.10 Å². The van der Waals surface area contributed by atoms with Crippen molar-refractivity contribution in [3.05, 3.63) is 76.5 Å². The van der Waals surface area contributed by atoms with Crippen molar-refractivity contribution in [1.82, 2.24) is 0 Å². The highest BCUT2D eigenvalue weighted by Gasteiger charge is 2.22. The Morgan fingerprint density at radius 1 is 0.926 bits per heavy atom. The van der Waals surface area contributed by atoms with Crippen molar-refractivity contribution in [2.75, 3.05) is 0 Å². The molecule has 1 atom stereocenters. The van der Waals surface area contributed by atoms with E-state index in [1.54, 1.807) is 18.2 Å². The van der Waals surface area contributed by atoms with Gasteiger partial charge in [-0.25, -0.2) is 0 Å². The number of fused-ring (bicyclic) bond motifs is 2. The van der Waals surface area contributed by atoms with Crippen LogP contribution in [0.1, 0.15) is 25.5 Å². The minimum atomic E-state index is -0.626. The molecule has 0 saturated carbocycles. The van der Waals surface area contributed by atoms with Crippen molar-refractivity contribution in [3.63, 3.8) is 0 Å². The molecule has 4 rings (SSSR count). The molecule has 4 heteroatoms. The van der Waals surface area contributed by atoms with Crippen LogP contribution in [0.3, 0.4) is 0 Å². The van der Waals surface area contributed by atoms with Gasteiger partial charge in [0.1, 0.15) is 17.1 Å². The number of hydrogen-bond acceptors (Lipinski definition) is 4. The molecular formula is C23H20O4. The number of rotatable bonds is 3. The number of phenolic OH excluding ortho intramolecular Hbond substituents is 1. The molecule has 0 aromatic heterocycles. The van der Waals surface area contributed by atoms with Gasteiger partial charge >= 0.3 is 0 Å². The third-order valence-electron chi connectivity index (χ3n) is 4.86. The molecule has 0 bridgehead atoms. The molecule has 1 aliphatic heterocycles. The minimum absolute atomic E-state index is 0.0503. The predicted molar refractivity (Wildman–Crippen MR) is 106 cm³/mol. The number of aromatic hydroxyl groups is 1. The molecule has 136 valence electrons. The molecule has 1 aliphatic carbocycles. The average molecular weight is 360 g/mol. The van der Waals surface area contributed by atoms with Crippen LogP contribution in [-0.2, 0) is 0 Å². The molecule has 2 aromatic carbocycles. The Morgan fingerprint density at radius 3 is 2.48 bits per heavy atom. The summed E-state index contributed by atoms with van der Waals surface area (Å²) in [4.78, 5) is 11.8. The van der Waals surface area contributed by atoms with Crippen LogP contribution in [-0.4, -0.2) is 10.2 Å². The van der Waals surface area contributed by atoms with Crippen LogP contribution in [0.4, 0.5) is 0 Å². The van der Waals surface area contributed by atoms with E-state index >= 15 is 0 Å². The zero-order valence-corrected chi connectivity index (χ0v) is 15.1. The van der Waals surface area contributed by atoms with Crippen LogP contribution in [0, 0.1) is 5.92 Å². The molecule has 0 unspecified atom stereocenters. The molecule has 27 heavy (non-hydrogen) atoms. The summed E-state index contributed by atoms with van der Waals surface area (Å²) < 4.78 is 5.90. The van der Waals surface area contributed by atoms with E-state index in [0.717, 1.165) is 27.6 Å². The molecule has 0 amide bonds. The second-order valence-electron chi connectivity index (χ2n) is 7.09. The first-order chi connectivity index (χ1) is 13.0. The van der Waals surface area contributed by atoms with E-state index in [0.29, 0.717) is 11.3 Å². The summed E-state index contributed by atoms with van der Waals surface area (Å²) >= 11 is 0. The average Bonchev–Trinajstić information content (AvgIpc) is 2.65. The van der Waals surface area contributed by atoms with Crippen LogP contribution < -0.4 is 5.43 Å². The third-order valence-corrected chi connectivity index (χ3v) is 4.86. The predicted octanol–water partition coefficient (Wildman–Crippen LogP) is 4.96. The van der Waals surface area contributed by atoms with Gasteiger partial charge in [-0.3, -0.25) is 4.79 Å². The minimum Gasteiger partial charge on any atom is -0.508 e. The van der Waals surface area contributed by atoms with Gasteiger partial charge in [-0.05, 0) is 41.3 Å². The van der Waals surface area contributed by atoms with Crippen molar-refractivity contribution in [2.45, 2.75) is 20.0 Å². The highest BCUT2D eigenvalue weighted by atomic mass is 16.3. The fourth-order valence-electron chi connectivity index (χ4n) is 3.49. The third kappa shape index (κ3) is 2.98. The van der Waals surface area contributed by atoms with Gasteiger partial charge in [0.25, 0.3) is 0 Å². The quantitative estimate of drug-likeness (QED) is 0.507. The lowest BCUT2D eigenvalue weighted by Gasteiger charge is -2.22. The summed E-state index contributed by atoms with van der Waals surface area (Å²) in [6.45, 7) is 3.94. The summed E-state index contributed by atoms with van der Waals surface area (Å²) in [5.74, 6) is 0.587. The number of benzene rings is 3. The van der Waals surface area contributed by atoms with Gasteiger partial charge in [-0.1, -0.05) is 38.1 Å². The molecular weight excluding hydrogens is 340 g/mol. The Labute approximate surface area is 156 Å². The monoisotopic (exact) mass is 360 g/mol. The maximum Gasteiger partial charge on any atom is 0.182 e. The number of phenols is 1. The second kappa shape index (κ2) is 6.56. The zero-order valence-electron chi connectivity index (χ0n) is 15.1. The van der Waals surface area contributed by atoms with Crippen molar-refractivity contribution in [1.29, 1.82) is 0 Å². The van der Waals surface area contributed by atoms with Crippen LogP contribution in [0.15, 0.2) is 69.9 Å². The van der Waals surface area contributed by atoms with Crippen molar-refractivity contribution in [2.24, 2.45) is 5.92 Å². The first kappa shape index (κ1) is 17.3. The zero-order chi connectivity index (χ0) is 19.1. The lowest BCUT2D eigenvalue weighted by molar-refractivity contribution is 0.127. The Morgan fingerprint density at radius 2 is 1.70 bits per heavy atom. The summed E-state index contributed by atoms with van der Waals surface area (Å²) in [7, 11) is 0. The topological polar surface area (TPSA) is 70.7 Å². The van der Waals surface area contributed by atoms with E-state index < -0.39 is 6.10 Å². The lowest BCUT2D eigenvalue weighted by atomic mass is 9.87. The highest BCUT2D eigenvalue weighted by molar-refractivity contribution is 6.02. The Kier molecular flexibility index (Phi) is 4.21. The largest absolute Gasteiger partial charge is 0.508 e. The molecule has 2 aliphatic rings.